The molecule has 1 heterocycles. The number of carbonyl (C=O) groups is 2. The summed E-state index contributed by atoms with van der Waals surface area (Å²) < 4.78 is 4.97. The van der Waals surface area contributed by atoms with Crippen molar-refractivity contribution < 1.29 is 19.4 Å². The second kappa shape index (κ2) is 4.77. The molecule has 17 heavy (non-hydrogen) atoms. The van der Waals surface area contributed by atoms with E-state index in [0.29, 0.717) is 0 Å². The summed E-state index contributed by atoms with van der Waals surface area (Å²) in [5.74, 6) is -1.35. The maximum absolute atomic E-state index is 11.4. The second-order valence-electron chi connectivity index (χ2n) is 4.23. The summed E-state index contributed by atoms with van der Waals surface area (Å²) in [5.41, 5.74) is -0.818. The smallest absolute Gasteiger partial charge is 0.413 e. The number of rotatable bonds is 2. The number of nitrogens with one attached hydrogen (secondary N) is 1. The zero-order chi connectivity index (χ0) is 13.1. The molecule has 0 radical (unpaired) electrons. The first-order valence-corrected chi connectivity index (χ1v) is 4.84. The van der Waals surface area contributed by atoms with Gasteiger partial charge in [0.1, 0.15) is 11.2 Å². The largest absolute Gasteiger partial charge is 0.478 e. The number of aromatic nitrogens is 2. The highest BCUT2D eigenvalue weighted by Crippen LogP contribution is 2.13. The van der Waals surface area contributed by atoms with Gasteiger partial charge in [-0.15, -0.1) is 5.10 Å². The molecule has 2 N–H and O–H groups in total. The molecule has 7 heteroatoms. The van der Waals surface area contributed by atoms with Gasteiger partial charge in [0.25, 0.3) is 0 Å². The predicted molar refractivity (Wildman–Crippen MR) is 58.8 cm³/mol. The molecule has 1 aromatic heterocycles. The van der Waals surface area contributed by atoms with Crippen molar-refractivity contribution in [3.63, 3.8) is 0 Å². The number of carboxylic acid groups (broad SMARTS) is 1. The van der Waals surface area contributed by atoms with Crippen molar-refractivity contribution in [1.82, 2.24) is 10.2 Å². The highest BCUT2D eigenvalue weighted by atomic mass is 16.6. The van der Waals surface area contributed by atoms with Crippen LogP contribution >= 0.6 is 0 Å². The number of carbonyl (C=O) groups excluding carboxylic acids is 1. The SMILES string of the molecule is CC(C)(C)OC(=O)Nc1nnccc1C(=O)O. The molecule has 0 saturated heterocycles. The fourth-order valence-electron chi connectivity index (χ4n) is 0.997. The number of hydrogen-bond donors (Lipinski definition) is 2. The van der Waals surface area contributed by atoms with E-state index >= 15 is 0 Å². The average molecular weight is 239 g/mol. The minimum atomic E-state index is -1.20. The van der Waals surface area contributed by atoms with Crippen LogP contribution in [-0.4, -0.2) is 33.0 Å². The van der Waals surface area contributed by atoms with Gasteiger partial charge in [0, 0.05) is 0 Å². The van der Waals surface area contributed by atoms with Crippen LogP contribution in [0.4, 0.5) is 10.6 Å². The van der Waals surface area contributed by atoms with Crippen molar-refractivity contribution in [2.45, 2.75) is 26.4 Å². The molecule has 0 aliphatic heterocycles. The Balaban J connectivity index is 2.82. The summed E-state index contributed by atoms with van der Waals surface area (Å²) in [4.78, 5) is 22.2. The third kappa shape index (κ3) is 4.06. The molecule has 0 fully saturated rings. The fraction of sp³-hybridized carbons (Fsp3) is 0.400. The molecule has 1 rings (SSSR count). The number of amides is 1. The number of anilines is 1. The van der Waals surface area contributed by atoms with E-state index in [9.17, 15) is 9.59 Å². The van der Waals surface area contributed by atoms with Gasteiger partial charge in [0.2, 0.25) is 0 Å². The Morgan fingerprint density at radius 3 is 2.59 bits per heavy atom. The lowest BCUT2D eigenvalue weighted by Gasteiger charge is -2.19. The topological polar surface area (TPSA) is 101 Å². The Morgan fingerprint density at radius 1 is 1.41 bits per heavy atom. The van der Waals surface area contributed by atoms with Crippen molar-refractivity contribution >= 4 is 17.9 Å². The van der Waals surface area contributed by atoms with Crippen LogP contribution in [0.1, 0.15) is 31.1 Å². The Bertz CT molecular complexity index is 439. The summed E-state index contributed by atoms with van der Waals surface area (Å²) in [6, 6.07) is 1.24. The molecule has 92 valence electrons. The van der Waals surface area contributed by atoms with Gasteiger partial charge in [-0.1, -0.05) is 0 Å². The summed E-state index contributed by atoms with van der Waals surface area (Å²) in [6.45, 7) is 5.09. The lowest BCUT2D eigenvalue weighted by atomic mass is 10.2. The van der Waals surface area contributed by atoms with Crippen molar-refractivity contribution in [3.8, 4) is 0 Å². The normalized spacial score (nSPS) is 10.8. The van der Waals surface area contributed by atoms with Crippen molar-refractivity contribution in [1.29, 1.82) is 0 Å². The molecule has 0 bridgehead atoms. The number of carboxylic acids is 1. The Hall–Kier alpha value is -2.18. The van der Waals surface area contributed by atoms with Crippen LogP contribution in [0.15, 0.2) is 12.3 Å². The molecule has 1 aromatic rings. The molecular formula is C10H13N3O4. The van der Waals surface area contributed by atoms with E-state index < -0.39 is 17.7 Å². The Labute approximate surface area is 97.8 Å². The van der Waals surface area contributed by atoms with Gasteiger partial charge in [-0.3, -0.25) is 5.32 Å². The number of ether oxygens (including phenoxy) is 1. The van der Waals surface area contributed by atoms with Crippen LogP contribution in [0.25, 0.3) is 0 Å². The standard InChI is InChI=1S/C10H13N3O4/c1-10(2,3)17-9(16)12-7-6(8(14)15)4-5-11-13-7/h4-5H,1-3H3,(H,14,15)(H,12,13,16). The van der Waals surface area contributed by atoms with E-state index in [0.717, 1.165) is 0 Å². The van der Waals surface area contributed by atoms with Crippen LogP contribution in [0.2, 0.25) is 0 Å². The Morgan fingerprint density at radius 2 is 2.06 bits per heavy atom. The van der Waals surface area contributed by atoms with E-state index in [4.69, 9.17) is 9.84 Å². The lowest BCUT2D eigenvalue weighted by Crippen LogP contribution is -2.28. The molecule has 0 atom stereocenters. The number of hydrogen-bond acceptors (Lipinski definition) is 5. The van der Waals surface area contributed by atoms with Gasteiger partial charge in [-0.25, -0.2) is 9.59 Å². The lowest BCUT2D eigenvalue weighted by molar-refractivity contribution is 0.0635. The highest BCUT2D eigenvalue weighted by molar-refractivity contribution is 5.97. The molecule has 0 aromatic carbocycles. The summed E-state index contributed by atoms with van der Waals surface area (Å²) in [6.07, 6.45) is 0.449. The summed E-state index contributed by atoms with van der Waals surface area (Å²) in [7, 11) is 0. The van der Waals surface area contributed by atoms with E-state index in [-0.39, 0.29) is 11.4 Å². The van der Waals surface area contributed by atoms with Crippen molar-refractivity contribution in [2.75, 3.05) is 5.32 Å². The van der Waals surface area contributed by atoms with E-state index in [1.807, 2.05) is 0 Å². The van der Waals surface area contributed by atoms with Crippen molar-refractivity contribution in [3.05, 3.63) is 17.8 Å². The second-order valence-corrected chi connectivity index (χ2v) is 4.23. The van der Waals surface area contributed by atoms with Gasteiger partial charge in [0.15, 0.2) is 5.82 Å². The highest BCUT2D eigenvalue weighted by Gasteiger charge is 2.19. The molecule has 0 saturated carbocycles. The van der Waals surface area contributed by atoms with Gasteiger partial charge in [0.05, 0.1) is 6.20 Å². The first-order valence-electron chi connectivity index (χ1n) is 4.84. The Kier molecular flexibility index (Phi) is 3.62. The number of aromatic carboxylic acids is 1. The van der Waals surface area contributed by atoms with Gasteiger partial charge in [-0.05, 0) is 26.8 Å². The fourth-order valence-corrected chi connectivity index (χ4v) is 0.997. The minimum absolute atomic E-state index is 0.144. The maximum Gasteiger partial charge on any atom is 0.413 e. The summed E-state index contributed by atoms with van der Waals surface area (Å²) in [5, 5.41) is 18.1. The predicted octanol–water partition coefficient (Wildman–Crippen LogP) is 1.52. The molecule has 0 unspecified atom stereocenters. The minimum Gasteiger partial charge on any atom is -0.478 e. The van der Waals surface area contributed by atoms with Crippen LogP contribution < -0.4 is 5.32 Å². The first kappa shape index (κ1) is 12.9. The molecular weight excluding hydrogens is 226 g/mol. The maximum atomic E-state index is 11.4. The quantitative estimate of drug-likeness (QED) is 0.811. The van der Waals surface area contributed by atoms with E-state index in [1.54, 1.807) is 20.8 Å². The third-order valence-corrected chi connectivity index (χ3v) is 1.57. The monoisotopic (exact) mass is 239 g/mol. The van der Waals surface area contributed by atoms with Gasteiger partial charge < -0.3 is 9.84 Å². The molecule has 0 aliphatic carbocycles. The molecule has 0 spiro atoms. The van der Waals surface area contributed by atoms with Gasteiger partial charge >= 0.3 is 12.1 Å². The average Bonchev–Trinajstić information content (AvgIpc) is 2.14. The van der Waals surface area contributed by atoms with Crippen molar-refractivity contribution in [2.24, 2.45) is 0 Å². The number of nitrogens with zero attached hydrogens (tertiary/aromatic N) is 2. The van der Waals surface area contributed by atoms with Crippen LogP contribution in [0.5, 0.6) is 0 Å². The molecule has 1 amide bonds. The zero-order valence-electron chi connectivity index (χ0n) is 9.72. The van der Waals surface area contributed by atoms with Crippen LogP contribution in [0, 0.1) is 0 Å². The van der Waals surface area contributed by atoms with E-state index in [2.05, 4.69) is 15.5 Å². The van der Waals surface area contributed by atoms with Gasteiger partial charge in [-0.2, -0.15) is 5.10 Å². The molecule has 0 aliphatic rings. The zero-order valence-corrected chi connectivity index (χ0v) is 9.72. The first-order chi connectivity index (χ1) is 7.79. The van der Waals surface area contributed by atoms with Crippen LogP contribution in [0.3, 0.4) is 0 Å². The molecule has 7 nitrogen and oxygen atoms in total. The van der Waals surface area contributed by atoms with E-state index in [1.165, 1.54) is 12.3 Å². The van der Waals surface area contributed by atoms with Crippen LogP contribution in [-0.2, 0) is 4.74 Å². The third-order valence-electron chi connectivity index (χ3n) is 1.57. The summed E-state index contributed by atoms with van der Waals surface area (Å²) >= 11 is 0.